The van der Waals surface area contributed by atoms with Crippen LogP contribution >= 0.6 is 0 Å². The molecule has 0 radical (unpaired) electrons. The van der Waals surface area contributed by atoms with Gasteiger partial charge in [-0.2, -0.15) is 0 Å². The fourth-order valence-corrected chi connectivity index (χ4v) is 2.41. The van der Waals surface area contributed by atoms with Crippen LogP contribution in [0.5, 0.6) is 0 Å². The van der Waals surface area contributed by atoms with Crippen LogP contribution in [0, 0.1) is 0 Å². The van der Waals surface area contributed by atoms with Crippen LogP contribution in [-0.2, 0) is 4.79 Å². The van der Waals surface area contributed by atoms with E-state index in [-0.39, 0.29) is 5.91 Å². The minimum atomic E-state index is 0.268. The van der Waals surface area contributed by atoms with Gasteiger partial charge in [-0.3, -0.25) is 9.69 Å². The van der Waals surface area contributed by atoms with Crippen LogP contribution < -0.4 is 5.32 Å². The number of nitrogens with one attached hydrogen (secondary N) is 1. The van der Waals surface area contributed by atoms with Gasteiger partial charge in [0.2, 0.25) is 5.91 Å². The molecule has 1 heterocycles. The number of carbonyl (C=O) groups is 1. The van der Waals surface area contributed by atoms with Crippen molar-refractivity contribution in [2.24, 2.45) is 0 Å². The number of hydrogen-bond acceptors (Lipinski definition) is 4. The molecule has 1 fully saturated rings. The van der Waals surface area contributed by atoms with Gasteiger partial charge in [0.25, 0.3) is 0 Å². The minimum absolute atomic E-state index is 0.268. The van der Waals surface area contributed by atoms with Gasteiger partial charge in [0, 0.05) is 38.8 Å². The quantitative estimate of drug-likeness (QED) is 0.708. The van der Waals surface area contributed by atoms with Crippen LogP contribution in [0.3, 0.4) is 0 Å². The van der Waals surface area contributed by atoms with Crippen molar-refractivity contribution in [3.63, 3.8) is 0 Å². The molecular formula is C13H28N4O. The molecule has 0 aromatic rings. The molecule has 0 saturated carbocycles. The highest BCUT2D eigenvalue weighted by Crippen LogP contribution is 2.03. The summed E-state index contributed by atoms with van der Waals surface area (Å²) in [4.78, 5) is 18.6. The molecule has 1 atom stereocenters. The zero-order valence-corrected chi connectivity index (χ0v) is 12.3. The first-order valence-corrected chi connectivity index (χ1v) is 6.91. The average Bonchev–Trinajstić information content (AvgIpc) is 2.35. The van der Waals surface area contributed by atoms with Crippen molar-refractivity contribution in [1.29, 1.82) is 0 Å². The minimum Gasteiger partial charge on any atom is -0.339 e. The van der Waals surface area contributed by atoms with Gasteiger partial charge in [-0.05, 0) is 27.6 Å². The van der Waals surface area contributed by atoms with Gasteiger partial charge in [0.1, 0.15) is 0 Å². The Kier molecular flexibility index (Phi) is 6.60. The summed E-state index contributed by atoms with van der Waals surface area (Å²) >= 11 is 0. The molecule has 0 spiro atoms. The van der Waals surface area contributed by atoms with Crippen molar-refractivity contribution in [2.75, 3.05) is 59.9 Å². The van der Waals surface area contributed by atoms with E-state index in [1.54, 1.807) is 0 Å². The van der Waals surface area contributed by atoms with Crippen LogP contribution in [0.25, 0.3) is 0 Å². The Morgan fingerprint density at radius 2 is 1.94 bits per heavy atom. The summed E-state index contributed by atoms with van der Waals surface area (Å²) in [6.45, 7) is 10.3. The van der Waals surface area contributed by atoms with Crippen LogP contribution in [-0.4, -0.2) is 86.6 Å². The zero-order valence-electron chi connectivity index (χ0n) is 12.3. The van der Waals surface area contributed by atoms with Gasteiger partial charge in [-0.25, -0.2) is 0 Å². The average molecular weight is 256 g/mol. The highest BCUT2D eigenvalue weighted by Gasteiger charge is 2.21. The molecular weight excluding hydrogens is 228 g/mol. The number of carbonyl (C=O) groups excluding carboxylic acids is 1. The fraction of sp³-hybridized carbons (Fsp3) is 0.923. The van der Waals surface area contributed by atoms with Crippen molar-refractivity contribution in [3.05, 3.63) is 0 Å². The van der Waals surface area contributed by atoms with Crippen molar-refractivity contribution in [3.8, 4) is 0 Å². The van der Waals surface area contributed by atoms with Crippen molar-refractivity contribution in [1.82, 2.24) is 20.0 Å². The Balaban J connectivity index is 2.43. The Morgan fingerprint density at radius 3 is 2.44 bits per heavy atom. The molecule has 1 rings (SSSR count). The Labute approximate surface area is 111 Å². The van der Waals surface area contributed by atoms with Crippen LogP contribution in [0.2, 0.25) is 0 Å². The standard InChI is InChI=1S/C13H28N4O/c1-5-16(12(2)10-15(3)4)11-13(18)17-8-6-14-7-9-17/h12,14H,5-11H2,1-4H3. The molecule has 1 amide bonds. The molecule has 0 aromatic carbocycles. The molecule has 1 saturated heterocycles. The summed E-state index contributed by atoms with van der Waals surface area (Å²) in [5.74, 6) is 0.268. The van der Waals surface area contributed by atoms with Crippen molar-refractivity contribution < 1.29 is 4.79 Å². The molecule has 1 aliphatic heterocycles. The summed E-state index contributed by atoms with van der Waals surface area (Å²) in [5.41, 5.74) is 0. The first kappa shape index (κ1) is 15.4. The van der Waals surface area contributed by atoms with Gasteiger partial charge in [-0.15, -0.1) is 0 Å². The maximum Gasteiger partial charge on any atom is 0.236 e. The maximum atomic E-state index is 12.2. The normalized spacial score (nSPS) is 18.4. The van der Waals surface area contributed by atoms with Gasteiger partial charge in [0.05, 0.1) is 6.54 Å². The van der Waals surface area contributed by atoms with Crippen LogP contribution in [0.15, 0.2) is 0 Å². The van der Waals surface area contributed by atoms with Crippen molar-refractivity contribution >= 4 is 5.91 Å². The molecule has 0 aromatic heterocycles. The van der Waals surface area contributed by atoms with E-state index in [4.69, 9.17) is 0 Å². The molecule has 0 aliphatic carbocycles. The summed E-state index contributed by atoms with van der Waals surface area (Å²) in [6.07, 6.45) is 0. The van der Waals surface area contributed by atoms with E-state index in [1.165, 1.54) is 0 Å². The predicted molar refractivity (Wildman–Crippen MR) is 74.7 cm³/mol. The van der Waals surface area contributed by atoms with E-state index in [9.17, 15) is 4.79 Å². The van der Waals surface area contributed by atoms with Gasteiger partial charge in [-0.1, -0.05) is 6.92 Å². The Hall–Kier alpha value is -0.650. The fourth-order valence-electron chi connectivity index (χ4n) is 2.41. The van der Waals surface area contributed by atoms with Gasteiger partial charge < -0.3 is 15.1 Å². The van der Waals surface area contributed by atoms with E-state index in [1.807, 2.05) is 4.90 Å². The molecule has 5 heteroatoms. The Bertz CT molecular complexity index is 251. The summed E-state index contributed by atoms with van der Waals surface area (Å²) in [7, 11) is 4.14. The number of nitrogens with zero attached hydrogens (tertiary/aromatic N) is 3. The van der Waals surface area contributed by atoms with Crippen LogP contribution in [0.4, 0.5) is 0 Å². The van der Waals surface area contributed by atoms with Crippen LogP contribution in [0.1, 0.15) is 13.8 Å². The highest BCUT2D eigenvalue weighted by molar-refractivity contribution is 5.78. The van der Waals surface area contributed by atoms with Gasteiger partial charge in [0.15, 0.2) is 0 Å². The van der Waals surface area contributed by atoms with E-state index >= 15 is 0 Å². The molecule has 1 unspecified atom stereocenters. The number of piperazine rings is 1. The summed E-state index contributed by atoms with van der Waals surface area (Å²) in [5, 5.41) is 3.27. The van der Waals surface area contributed by atoms with E-state index < -0.39 is 0 Å². The number of amides is 1. The lowest BCUT2D eigenvalue weighted by atomic mass is 10.2. The second-order valence-corrected chi connectivity index (χ2v) is 5.31. The smallest absolute Gasteiger partial charge is 0.236 e. The predicted octanol–water partition coefficient (Wildman–Crippen LogP) is -0.310. The van der Waals surface area contributed by atoms with Crippen molar-refractivity contribution in [2.45, 2.75) is 19.9 Å². The molecule has 1 N–H and O–H groups in total. The third-order valence-corrected chi connectivity index (χ3v) is 3.47. The largest absolute Gasteiger partial charge is 0.339 e. The number of hydrogen-bond donors (Lipinski definition) is 1. The number of rotatable bonds is 6. The van der Waals surface area contributed by atoms with E-state index in [0.29, 0.717) is 12.6 Å². The van der Waals surface area contributed by atoms with Gasteiger partial charge >= 0.3 is 0 Å². The topological polar surface area (TPSA) is 38.8 Å². The Morgan fingerprint density at radius 1 is 1.33 bits per heavy atom. The lowest BCUT2D eigenvalue weighted by Crippen LogP contribution is -2.51. The summed E-state index contributed by atoms with van der Waals surface area (Å²) in [6, 6.07) is 0.414. The monoisotopic (exact) mass is 256 g/mol. The third kappa shape index (κ3) is 4.92. The highest BCUT2D eigenvalue weighted by atomic mass is 16.2. The first-order valence-electron chi connectivity index (χ1n) is 6.91. The first-order chi connectivity index (χ1) is 8.54. The maximum absolute atomic E-state index is 12.2. The third-order valence-electron chi connectivity index (χ3n) is 3.47. The summed E-state index contributed by atoms with van der Waals surface area (Å²) < 4.78 is 0. The SMILES string of the molecule is CCN(CC(=O)N1CCNCC1)C(C)CN(C)C. The molecule has 1 aliphatic rings. The van der Waals surface area contributed by atoms with E-state index in [2.05, 4.69) is 43.1 Å². The van der Waals surface area contributed by atoms with E-state index in [0.717, 1.165) is 39.3 Å². The second-order valence-electron chi connectivity index (χ2n) is 5.31. The second kappa shape index (κ2) is 7.71. The molecule has 0 bridgehead atoms. The molecule has 5 nitrogen and oxygen atoms in total. The zero-order chi connectivity index (χ0) is 13.5. The lowest BCUT2D eigenvalue weighted by molar-refractivity contribution is -0.133. The lowest BCUT2D eigenvalue weighted by Gasteiger charge is -2.33. The number of likely N-dealkylation sites (N-methyl/N-ethyl adjacent to an activating group) is 2. The molecule has 18 heavy (non-hydrogen) atoms. The molecule has 106 valence electrons.